The average molecular weight is 250 g/mol. The van der Waals surface area contributed by atoms with E-state index in [-0.39, 0.29) is 5.54 Å². The van der Waals surface area contributed by atoms with Gasteiger partial charge in [0.15, 0.2) is 0 Å². The van der Waals surface area contributed by atoms with Crippen LogP contribution >= 0.6 is 0 Å². The van der Waals surface area contributed by atoms with Crippen molar-refractivity contribution in [1.82, 2.24) is 4.90 Å². The highest BCUT2D eigenvalue weighted by atomic mass is 16.6. The van der Waals surface area contributed by atoms with Crippen molar-refractivity contribution in [2.75, 3.05) is 20.7 Å². The molecule has 2 fully saturated rings. The molecule has 0 spiro atoms. The molecule has 0 saturated heterocycles. The summed E-state index contributed by atoms with van der Waals surface area (Å²) >= 11 is 0. The third-order valence-electron chi connectivity index (χ3n) is 5.29. The van der Waals surface area contributed by atoms with Crippen LogP contribution in [0.1, 0.15) is 33.6 Å². The monoisotopic (exact) mass is 250 g/mol. The third-order valence-corrected chi connectivity index (χ3v) is 5.29. The van der Waals surface area contributed by atoms with Crippen LogP contribution in [-0.4, -0.2) is 36.9 Å². The van der Waals surface area contributed by atoms with E-state index < -0.39 is 0 Å². The summed E-state index contributed by atoms with van der Waals surface area (Å²) in [6.07, 6.45) is 4.00. The van der Waals surface area contributed by atoms with Gasteiger partial charge < -0.3 is 4.84 Å². The smallest absolute Gasteiger partial charge is 0.135 e. The van der Waals surface area contributed by atoms with Crippen molar-refractivity contribution in [2.24, 2.45) is 22.4 Å². The Morgan fingerprint density at radius 1 is 1.39 bits per heavy atom. The third kappa shape index (κ3) is 1.99. The van der Waals surface area contributed by atoms with Crippen LogP contribution in [-0.2, 0) is 4.84 Å². The fourth-order valence-electron chi connectivity index (χ4n) is 3.39. The van der Waals surface area contributed by atoms with Gasteiger partial charge in [-0.2, -0.15) is 0 Å². The summed E-state index contributed by atoms with van der Waals surface area (Å²) in [6.45, 7) is 11.2. The van der Waals surface area contributed by atoms with Crippen molar-refractivity contribution in [2.45, 2.75) is 39.2 Å². The summed E-state index contributed by atoms with van der Waals surface area (Å²) < 4.78 is 0. The number of rotatable bonds is 4. The van der Waals surface area contributed by atoms with Gasteiger partial charge in [-0.25, -0.2) is 0 Å². The zero-order valence-corrected chi connectivity index (χ0v) is 12.4. The zero-order valence-electron chi connectivity index (χ0n) is 12.4. The Morgan fingerprint density at radius 3 is 2.61 bits per heavy atom. The highest BCUT2D eigenvalue weighted by Gasteiger charge is 2.63. The Kier molecular flexibility index (Phi) is 3.30. The molecule has 3 heteroatoms. The SMILES string of the molecule is C=CCO/N=C1\CC2C(C[C@]1(C)N(C)C)C2(C)C. The second kappa shape index (κ2) is 4.37. The fraction of sp³-hybridized carbons (Fsp3) is 0.800. The molecule has 0 aromatic rings. The largest absolute Gasteiger partial charge is 0.392 e. The lowest BCUT2D eigenvalue weighted by Gasteiger charge is -2.40. The van der Waals surface area contributed by atoms with Gasteiger partial charge in [0, 0.05) is 0 Å². The van der Waals surface area contributed by atoms with E-state index in [0.29, 0.717) is 12.0 Å². The predicted molar refractivity (Wildman–Crippen MR) is 75.7 cm³/mol. The van der Waals surface area contributed by atoms with Gasteiger partial charge in [-0.05, 0) is 51.1 Å². The first kappa shape index (κ1) is 13.6. The molecule has 0 N–H and O–H groups in total. The number of oxime groups is 1. The first-order chi connectivity index (χ1) is 8.34. The van der Waals surface area contributed by atoms with E-state index in [2.05, 4.69) is 51.5 Å². The molecular weight excluding hydrogens is 224 g/mol. The van der Waals surface area contributed by atoms with Crippen molar-refractivity contribution in [3.63, 3.8) is 0 Å². The molecule has 0 radical (unpaired) electrons. The molecule has 18 heavy (non-hydrogen) atoms. The first-order valence-electron chi connectivity index (χ1n) is 6.81. The number of fused-ring (bicyclic) bond motifs is 1. The second-order valence-electron chi connectivity index (χ2n) is 6.73. The fourth-order valence-corrected chi connectivity index (χ4v) is 3.39. The van der Waals surface area contributed by atoms with E-state index in [1.54, 1.807) is 6.08 Å². The summed E-state index contributed by atoms with van der Waals surface area (Å²) in [5.41, 5.74) is 1.71. The van der Waals surface area contributed by atoms with Crippen molar-refractivity contribution < 1.29 is 4.84 Å². The van der Waals surface area contributed by atoms with Gasteiger partial charge in [0.2, 0.25) is 0 Å². The molecule has 0 aromatic heterocycles. The van der Waals surface area contributed by atoms with Crippen LogP contribution in [0.3, 0.4) is 0 Å². The van der Waals surface area contributed by atoms with Gasteiger partial charge in [0.25, 0.3) is 0 Å². The predicted octanol–water partition coefficient (Wildman–Crippen LogP) is 2.93. The van der Waals surface area contributed by atoms with Gasteiger partial charge in [-0.3, -0.25) is 4.90 Å². The summed E-state index contributed by atoms with van der Waals surface area (Å²) in [7, 11) is 4.28. The van der Waals surface area contributed by atoms with Gasteiger partial charge in [0.1, 0.15) is 6.61 Å². The number of hydrogen-bond donors (Lipinski definition) is 0. The molecule has 0 amide bonds. The Morgan fingerprint density at radius 2 is 2.06 bits per heavy atom. The molecule has 0 bridgehead atoms. The molecule has 102 valence electrons. The van der Waals surface area contributed by atoms with Crippen molar-refractivity contribution in [3.8, 4) is 0 Å². The van der Waals surface area contributed by atoms with Crippen LogP contribution in [0, 0.1) is 17.3 Å². The maximum atomic E-state index is 5.35. The van der Waals surface area contributed by atoms with E-state index in [1.165, 1.54) is 12.1 Å². The van der Waals surface area contributed by atoms with Crippen LogP contribution in [0.5, 0.6) is 0 Å². The molecule has 3 atom stereocenters. The maximum absolute atomic E-state index is 5.35. The minimum atomic E-state index is 0.0378. The van der Waals surface area contributed by atoms with E-state index in [9.17, 15) is 0 Å². The normalized spacial score (nSPS) is 39.6. The molecule has 2 aliphatic rings. The molecule has 2 aliphatic carbocycles. The lowest BCUT2D eigenvalue weighted by atomic mass is 9.80. The summed E-state index contributed by atoms with van der Waals surface area (Å²) in [5.74, 6) is 1.62. The summed E-state index contributed by atoms with van der Waals surface area (Å²) in [4.78, 5) is 7.63. The Bertz CT molecular complexity index is 373. The number of nitrogens with zero attached hydrogens (tertiary/aromatic N) is 2. The quantitative estimate of drug-likeness (QED) is 0.435. The zero-order chi connectivity index (χ0) is 13.6. The number of hydrogen-bond acceptors (Lipinski definition) is 3. The van der Waals surface area contributed by atoms with Crippen molar-refractivity contribution in [1.29, 1.82) is 0 Å². The van der Waals surface area contributed by atoms with Crippen LogP contribution in [0.15, 0.2) is 17.8 Å². The van der Waals surface area contributed by atoms with Gasteiger partial charge in [0.05, 0.1) is 11.3 Å². The molecule has 3 nitrogen and oxygen atoms in total. The first-order valence-corrected chi connectivity index (χ1v) is 6.81. The Labute approximate surface area is 111 Å². The lowest BCUT2D eigenvalue weighted by molar-refractivity contribution is 0.153. The highest BCUT2D eigenvalue weighted by Crippen LogP contribution is 2.66. The maximum Gasteiger partial charge on any atom is 0.135 e. The lowest BCUT2D eigenvalue weighted by Crippen LogP contribution is -2.51. The van der Waals surface area contributed by atoms with E-state index in [0.717, 1.165) is 18.3 Å². The van der Waals surface area contributed by atoms with Crippen LogP contribution in [0.4, 0.5) is 0 Å². The highest BCUT2D eigenvalue weighted by molar-refractivity contribution is 5.94. The minimum absolute atomic E-state index is 0.0378. The van der Waals surface area contributed by atoms with Crippen LogP contribution < -0.4 is 0 Å². The van der Waals surface area contributed by atoms with Crippen LogP contribution in [0.2, 0.25) is 0 Å². The summed E-state index contributed by atoms with van der Waals surface area (Å²) in [5, 5.41) is 4.39. The second-order valence-corrected chi connectivity index (χ2v) is 6.73. The van der Waals surface area contributed by atoms with E-state index >= 15 is 0 Å². The standard InChI is InChI=1S/C15H26N2O/c1-7-8-18-16-13-9-11-12(14(11,2)3)10-15(13,4)17(5)6/h7,11-12H,1,8-10H2,2-6H3/b16-13+/t11?,12?,15-/m0/s1. The van der Waals surface area contributed by atoms with Crippen LogP contribution in [0.25, 0.3) is 0 Å². The minimum Gasteiger partial charge on any atom is -0.392 e. The van der Waals surface area contributed by atoms with E-state index in [1.807, 2.05) is 0 Å². The molecule has 0 heterocycles. The molecule has 0 aromatic carbocycles. The van der Waals surface area contributed by atoms with Gasteiger partial charge in [-0.1, -0.05) is 31.7 Å². The van der Waals surface area contributed by atoms with Gasteiger partial charge in [-0.15, -0.1) is 0 Å². The molecule has 0 aliphatic heterocycles. The summed E-state index contributed by atoms with van der Waals surface area (Å²) in [6, 6.07) is 0. The molecule has 2 unspecified atom stereocenters. The van der Waals surface area contributed by atoms with Gasteiger partial charge >= 0.3 is 0 Å². The topological polar surface area (TPSA) is 24.8 Å². The Balaban J connectivity index is 2.19. The van der Waals surface area contributed by atoms with Crippen molar-refractivity contribution in [3.05, 3.63) is 12.7 Å². The Hall–Kier alpha value is -0.830. The van der Waals surface area contributed by atoms with Crippen molar-refractivity contribution >= 4 is 5.71 Å². The average Bonchev–Trinajstić information content (AvgIpc) is 2.80. The van der Waals surface area contributed by atoms with E-state index in [4.69, 9.17) is 4.84 Å². The molecule has 2 rings (SSSR count). The molecule has 2 saturated carbocycles. The molecular formula is C15H26N2O.